The third kappa shape index (κ3) is 5.19. The second-order valence-electron chi connectivity index (χ2n) is 10.9. The molecule has 0 unspecified atom stereocenters. The monoisotopic (exact) mass is 412 g/mol. The lowest BCUT2D eigenvalue weighted by Gasteiger charge is -2.44. The molecule has 0 aromatic heterocycles. The van der Waals surface area contributed by atoms with E-state index in [1.165, 1.54) is 43.3 Å². The first-order chi connectivity index (χ1) is 14.2. The maximum absolute atomic E-state index is 10.3. The van der Waals surface area contributed by atoms with Crippen molar-refractivity contribution in [3.63, 3.8) is 0 Å². The first kappa shape index (κ1) is 23.5. The van der Waals surface area contributed by atoms with Crippen LogP contribution in [0.25, 0.3) is 0 Å². The molecule has 0 heterocycles. The van der Waals surface area contributed by atoms with Crippen molar-refractivity contribution >= 4 is 0 Å². The van der Waals surface area contributed by atoms with E-state index in [1.54, 1.807) is 5.57 Å². The van der Waals surface area contributed by atoms with E-state index in [2.05, 4.69) is 51.7 Å². The zero-order chi connectivity index (χ0) is 21.9. The molecule has 0 radical (unpaired) electrons. The Bertz CT molecular complexity index is 710. The molecular formula is C28H44O2. The Morgan fingerprint density at radius 3 is 2.73 bits per heavy atom. The van der Waals surface area contributed by atoms with Crippen LogP contribution < -0.4 is 0 Å². The van der Waals surface area contributed by atoms with Crippen molar-refractivity contribution in [2.45, 2.75) is 104 Å². The molecule has 0 aromatic carbocycles. The number of allylic oxidation sites excluding steroid dienone is 5. The summed E-state index contributed by atoms with van der Waals surface area (Å²) >= 11 is 0. The molecule has 30 heavy (non-hydrogen) atoms. The molecule has 3 aliphatic carbocycles. The van der Waals surface area contributed by atoms with Crippen molar-refractivity contribution in [1.29, 1.82) is 0 Å². The molecule has 3 rings (SSSR count). The molecule has 2 N–H and O–H groups in total. The Morgan fingerprint density at radius 1 is 1.23 bits per heavy atom. The number of aliphatic hydroxyl groups is 2. The second-order valence-corrected chi connectivity index (χ2v) is 10.9. The van der Waals surface area contributed by atoms with Crippen molar-refractivity contribution in [2.24, 2.45) is 23.2 Å². The molecule has 2 nitrogen and oxygen atoms in total. The number of rotatable bonds is 6. The van der Waals surface area contributed by atoms with E-state index in [1.807, 2.05) is 6.92 Å². The average Bonchev–Trinajstić information content (AvgIpc) is 3.06. The topological polar surface area (TPSA) is 40.5 Å². The molecule has 3 saturated carbocycles. The minimum Gasteiger partial charge on any atom is -0.393 e. The predicted octanol–water partition coefficient (Wildman–Crippen LogP) is 6.90. The fraction of sp³-hybridized carbons (Fsp3) is 0.714. The zero-order valence-corrected chi connectivity index (χ0v) is 19.8. The van der Waals surface area contributed by atoms with Crippen LogP contribution in [-0.4, -0.2) is 21.9 Å². The molecule has 168 valence electrons. The van der Waals surface area contributed by atoms with Crippen LogP contribution in [0.2, 0.25) is 0 Å². The van der Waals surface area contributed by atoms with Crippen LogP contribution in [0.1, 0.15) is 91.9 Å². The van der Waals surface area contributed by atoms with Crippen molar-refractivity contribution in [2.75, 3.05) is 0 Å². The van der Waals surface area contributed by atoms with Gasteiger partial charge in [0.05, 0.1) is 11.7 Å². The summed E-state index contributed by atoms with van der Waals surface area (Å²) in [6.45, 7) is 13.1. The smallest absolute Gasteiger partial charge is 0.0651 e. The summed E-state index contributed by atoms with van der Waals surface area (Å²) in [6.07, 6.45) is 19.6. The highest BCUT2D eigenvalue weighted by molar-refractivity contribution is 5.36. The molecule has 0 bridgehead atoms. The van der Waals surface area contributed by atoms with Crippen LogP contribution in [0.3, 0.4) is 0 Å². The molecule has 0 spiro atoms. The fourth-order valence-electron chi connectivity index (χ4n) is 6.35. The standard InChI is InChI=1S/C28H44O2/c1-6-27(4,30)17-7-9-21(3)25-15-16-26-22(10-8-18-28(25,26)5)12-13-23-19-24(29)14-11-20(23)2/h7,9,12-13,21,24-26,29-30H,2,6,8,10-11,14-19H2,1,3-5H3/b9-7+,22-12+,23-13-/t21-,24+,25-,26+,27+,28-/m1/s1. The van der Waals surface area contributed by atoms with E-state index in [0.29, 0.717) is 23.2 Å². The molecule has 6 atom stereocenters. The van der Waals surface area contributed by atoms with Crippen molar-refractivity contribution in [3.8, 4) is 0 Å². The van der Waals surface area contributed by atoms with Gasteiger partial charge in [0.1, 0.15) is 0 Å². The molecule has 3 fully saturated rings. The molecule has 3 aliphatic rings. The van der Waals surface area contributed by atoms with E-state index >= 15 is 0 Å². The van der Waals surface area contributed by atoms with Gasteiger partial charge < -0.3 is 10.2 Å². The molecule has 0 amide bonds. The third-order valence-electron chi connectivity index (χ3n) is 8.62. The summed E-state index contributed by atoms with van der Waals surface area (Å²) in [5.74, 6) is 1.95. The van der Waals surface area contributed by atoms with Gasteiger partial charge in [-0.3, -0.25) is 0 Å². The Labute approximate surface area is 184 Å². The SMILES string of the molecule is C=C1CC[C@H](O)C/C1=C/C=C1\CCC[C@]2(C)[C@@H]([C@H](C)/C=C/C[C@@](C)(O)CC)CC[C@@H]12. The Hall–Kier alpha value is -1.12. The third-order valence-corrected chi connectivity index (χ3v) is 8.62. The minimum absolute atomic E-state index is 0.200. The second kappa shape index (κ2) is 9.57. The summed E-state index contributed by atoms with van der Waals surface area (Å²) in [6, 6.07) is 0. The largest absolute Gasteiger partial charge is 0.393 e. The highest BCUT2D eigenvalue weighted by atomic mass is 16.3. The van der Waals surface area contributed by atoms with Crippen LogP contribution in [0, 0.1) is 23.2 Å². The van der Waals surface area contributed by atoms with E-state index in [0.717, 1.165) is 32.1 Å². The molecular weight excluding hydrogens is 368 g/mol. The van der Waals surface area contributed by atoms with Gasteiger partial charge in [-0.2, -0.15) is 0 Å². The highest BCUT2D eigenvalue weighted by Crippen LogP contribution is 2.59. The van der Waals surface area contributed by atoms with Gasteiger partial charge in [-0.1, -0.05) is 62.8 Å². The highest BCUT2D eigenvalue weighted by Gasteiger charge is 2.50. The Kier molecular flexibility index (Phi) is 7.51. The minimum atomic E-state index is -0.580. The Morgan fingerprint density at radius 2 is 2.00 bits per heavy atom. The van der Waals surface area contributed by atoms with E-state index in [9.17, 15) is 10.2 Å². The first-order valence-corrected chi connectivity index (χ1v) is 12.3. The quantitative estimate of drug-likeness (QED) is 0.466. The van der Waals surface area contributed by atoms with Gasteiger partial charge in [0.2, 0.25) is 0 Å². The summed E-state index contributed by atoms with van der Waals surface area (Å²) in [4.78, 5) is 0. The van der Waals surface area contributed by atoms with Crippen LogP contribution in [0.5, 0.6) is 0 Å². The van der Waals surface area contributed by atoms with Gasteiger partial charge in [0.15, 0.2) is 0 Å². The molecule has 0 aliphatic heterocycles. The number of aliphatic hydroxyl groups excluding tert-OH is 1. The van der Waals surface area contributed by atoms with Crippen LogP contribution in [0.4, 0.5) is 0 Å². The van der Waals surface area contributed by atoms with Gasteiger partial charge in [0, 0.05) is 0 Å². The lowest BCUT2D eigenvalue weighted by molar-refractivity contribution is 0.0589. The van der Waals surface area contributed by atoms with Gasteiger partial charge in [-0.25, -0.2) is 0 Å². The Balaban J connectivity index is 1.72. The summed E-state index contributed by atoms with van der Waals surface area (Å²) in [5, 5.41) is 20.3. The zero-order valence-electron chi connectivity index (χ0n) is 19.8. The van der Waals surface area contributed by atoms with Gasteiger partial charge >= 0.3 is 0 Å². The predicted molar refractivity (Wildman–Crippen MR) is 127 cm³/mol. The van der Waals surface area contributed by atoms with Crippen molar-refractivity contribution < 1.29 is 10.2 Å². The van der Waals surface area contributed by atoms with Gasteiger partial charge in [0.25, 0.3) is 0 Å². The van der Waals surface area contributed by atoms with Gasteiger partial charge in [-0.05, 0) is 99.9 Å². The molecule has 2 heteroatoms. The first-order valence-electron chi connectivity index (χ1n) is 12.3. The van der Waals surface area contributed by atoms with E-state index in [-0.39, 0.29) is 6.10 Å². The van der Waals surface area contributed by atoms with Crippen LogP contribution in [0.15, 0.2) is 47.6 Å². The van der Waals surface area contributed by atoms with Crippen LogP contribution in [-0.2, 0) is 0 Å². The van der Waals surface area contributed by atoms with Gasteiger partial charge in [-0.15, -0.1) is 0 Å². The molecule has 0 saturated heterocycles. The lowest BCUT2D eigenvalue weighted by atomic mass is 9.61. The molecule has 0 aromatic rings. The summed E-state index contributed by atoms with van der Waals surface area (Å²) < 4.78 is 0. The average molecular weight is 413 g/mol. The number of fused-ring (bicyclic) bond motifs is 1. The number of hydrogen-bond acceptors (Lipinski definition) is 2. The summed E-state index contributed by atoms with van der Waals surface area (Å²) in [5.41, 5.74) is 3.88. The van der Waals surface area contributed by atoms with E-state index in [4.69, 9.17) is 0 Å². The van der Waals surface area contributed by atoms with Crippen molar-refractivity contribution in [3.05, 3.63) is 47.6 Å². The van der Waals surface area contributed by atoms with E-state index < -0.39 is 5.60 Å². The maximum Gasteiger partial charge on any atom is 0.0651 e. The normalized spacial score (nSPS) is 38.2. The number of hydrogen-bond donors (Lipinski definition) is 2. The fourth-order valence-corrected chi connectivity index (χ4v) is 6.35. The van der Waals surface area contributed by atoms with Crippen molar-refractivity contribution in [1.82, 2.24) is 0 Å². The summed E-state index contributed by atoms with van der Waals surface area (Å²) in [7, 11) is 0. The van der Waals surface area contributed by atoms with Crippen LogP contribution >= 0.6 is 0 Å². The lowest BCUT2D eigenvalue weighted by Crippen LogP contribution is -2.35. The maximum atomic E-state index is 10.3.